The van der Waals surface area contributed by atoms with Crippen molar-refractivity contribution in [2.45, 2.75) is 11.4 Å². The topological polar surface area (TPSA) is 84.0 Å². The van der Waals surface area contributed by atoms with E-state index in [-0.39, 0.29) is 4.90 Å². The molecule has 0 atom stereocenters. The molecule has 6 nitrogen and oxygen atoms in total. The van der Waals surface area contributed by atoms with Crippen LogP contribution >= 0.6 is 11.6 Å². The summed E-state index contributed by atoms with van der Waals surface area (Å²) in [6.07, 6.45) is 4.09. The lowest BCUT2D eigenvalue weighted by atomic mass is 10.2. The van der Waals surface area contributed by atoms with Crippen molar-refractivity contribution in [1.29, 1.82) is 0 Å². The Balaban J connectivity index is 2.32. The molecule has 20 heavy (non-hydrogen) atoms. The Bertz CT molecular complexity index is 692. The van der Waals surface area contributed by atoms with E-state index in [4.69, 9.17) is 11.6 Å². The van der Waals surface area contributed by atoms with Crippen molar-refractivity contribution >= 4 is 27.3 Å². The van der Waals surface area contributed by atoms with Gasteiger partial charge < -0.3 is 5.32 Å². The lowest BCUT2D eigenvalue weighted by Gasteiger charge is -2.10. The molecule has 1 heterocycles. The van der Waals surface area contributed by atoms with E-state index in [0.29, 0.717) is 22.8 Å². The van der Waals surface area contributed by atoms with Crippen LogP contribution < -0.4 is 10.0 Å². The third-order valence-electron chi connectivity index (χ3n) is 2.51. The molecule has 0 bridgehead atoms. The number of hydrogen-bond donors (Lipinski definition) is 2. The Morgan fingerprint density at radius 3 is 2.60 bits per heavy atom. The number of benzene rings is 1. The lowest BCUT2D eigenvalue weighted by Crippen LogP contribution is -2.14. The summed E-state index contributed by atoms with van der Waals surface area (Å²) in [6.45, 7) is 0.483. The molecule has 8 heteroatoms. The normalized spacial score (nSPS) is 11.3. The molecule has 0 saturated heterocycles. The average molecular weight is 313 g/mol. The van der Waals surface area contributed by atoms with Crippen LogP contribution in [-0.4, -0.2) is 25.4 Å². The Kier molecular flexibility index (Phi) is 4.53. The lowest BCUT2D eigenvalue weighted by molar-refractivity contribution is 0.601. The molecule has 1 aromatic carbocycles. The standard InChI is InChI=1S/C12H13ClN4O2S/c1-14-5-9-4-11(2-3-12(9)13)20(18,19)17-10-6-15-8-16-7-10/h2-4,6-8,14,17H,5H2,1H3. The summed E-state index contributed by atoms with van der Waals surface area (Å²) >= 11 is 6.01. The minimum absolute atomic E-state index is 0.135. The first-order valence-electron chi connectivity index (χ1n) is 5.74. The van der Waals surface area contributed by atoms with Crippen LogP contribution in [0, 0.1) is 0 Å². The quantitative estimate of drug-likeness (QED) is 0.877. The molecule has 1 aromatic heterocycles. The highest BCUT2D eigenvalue weighted by Gasteiger charge is 2.16. The molecule has 2 N–H and O–H groups in total. The molecule has 0 spiro atoms. The van der Waals surface area contributed by atoms with Gasteiger partial charge in [0.2, 0.25) is 0 Å². The average Bonchev–Trinajstić information content (AvgIpc) is 2.42. The van der Waals surface area contributed by atoms with Crippen LogP contribution in [0.15, 0.2) is 41.8 Å². The summed E-state index contributed by atoms with van der Waals surface area (Å²) in [4.78, 5) is 7.64. The van der Waals surface area contributed by atoms with Crippen LogP contribution in [0.1, 0.15) is 5.56 Å². The van der Waals surface area contributed by atoms with Crippen molar-refractivity contribution in [3.8, 4) is 0 Å². The maximum atomic E-state index is 12.2. The van der Waals surface area contributed by atoms with Crippen molar-refractivity contribution in [3.63, 3.8) is 0 Å². The van der Waals surface area contributed by atoms with Crippen molar-refractivity contribution in [3.05, 3.63) is 47.5 Å². The van der Waals surface area contributed by atoms with Crippen LogP contribution in [0.2, 0.25) is 5.02 Å². The second kappa shape index (κ2) is 6.17. The monoisotopic (exact) mass is 312 g/mol. The van der Waals surface area contributed by atoms with E-state index >= 15 is 0 Å². The molecule has 0 aliphatic rings. The summed E-state index contributed by atoms with van der Waals surface area (Å²) < 4.78 is 26.9. The Morgan fingerprint density at radius 1 is 1.25 bits per heavy atom. The highest BCUT2D eigenvalue weighted by atomic mass is 35.5. The van der Waals surface area contributed by atoms with Crippen molar-refractivity contribution in [1.82, 2.24) is 15.3 Å². The van der Waals surface area contributed by atoms with E-state index < -0.39 is 10.0 Å². The fourth-order valence-electron chi connectivity index (χ4n) is 1.61. The zero-order chi connectivity index (χ0) is 14.6. The van der Waals surface area contributed by atoms with Crippen LogP contribution in [0.3, 0.4) is 0 Å². The molecule has 0 unspecified atom stereocenters. The third-order valence-corrected chi connectivity index (χ3v) is 4.26. The summed E-state index contributed by atoms with van der Waals surface area (Å²) in [7, 11) is -1.93. The fraction of sp³-hybridized carbons (Fsp3) is 0.167. The largest absolute Gasteiger partial charge is 0.316 e. The van der Waals surface area contributed by atoms with Gasteiger partial charge in [0.05, 0.1) is 23.0 Å². The van der Waals surface area contributed by atoms with Gasteiger partial charge in [-0.2, -0.15) is 0 Å². The third kappa shape index (κ3) is 3.44. The maximum Gasteiger partial charge on any atom is 0.262 e. The summed E-state index contributed by atoms with van der Waals surface area (Å²) in [5.41, 5.74) is 1.01. The molecule has 0 aliphatic carbocycles. The van der Waals surface area contributed by atoms with Gasteiger partial charge in [-0.1, -0.05) is 11.6 Å². The molecule has 0 aliphatic heterocycles. The number of aromatic nitrogens is 2. The van der Waals surface area contributed by atoms with E-state index in [1.807, 2.05) is 0 Å². The van der Waals surface area contributed by atoms with Crippen LogP contribution in [0.4, 0.5) is 5.69 Å². The van der Waals surface area contributed by atoms with Gasteiger partial charge in [0, 0.05) is 11.6 Å². The van der Waals surface area contributed by atoms with E-state index in [0.717, 1.165) is 0 Å². The van der Waals surface area contributed by atoms with Gasteiger partial charge in [-0.05, 0) is 30.8 Å². The molecular weight excluding hydrogens is 300 g/mol. The first kappa shape index (κ1) is 14.7. The number of rotatable bonds is 5. The second-order valence-electron chi connectivity index (χ2n) is 4.02. The highest BCUT2D eigenvalue weighted by Crippen LogP contribution is 2.22. The first-order chi connectivity index (χ1) is 9.53. The van der Waals surface area contributed by atoms with Crippen LogP contribution in [-0.2, 0) is 16.6 Å². The summed E-state index contributed by atoms with van der Waals surface area (Å²) in [6, 6.07) is 4.54. The molecule has 0 radical (unpaired) electrons. The fourth-order valence-corrected chi connectivity index (χ4v) is 2.87. The van der Waals surface area contributed by atoms with Crippen LogP contribution in [0.5, 0.6) is 0 Å². The van der Waals surface area contributed by atoms with E-state index in [2.05, 4.69) is 20.0 Å². The zero-order valence-electron chi connectivity index (χ0n) is 10.7. The number of halogens is 1. The van der Waals surface area contributed by atoms with E-state index in [1.165, 1.54) is 30.9 Å². The highest BCUT2D eigenvalue weighted by molar-refractivity contribution is 7.92. The minimum atomic E-state index is -3.69. The number of nitrogens with one attached hydrogen (secondary N) is 2. The zero-order valence-corrected chi connectivity index (χ0v) is 12.2. The van der Waals surface area contributed by atoms with Gasteiger partial charge in [-0.3, -0.25) is 4.72 Å². The van der Waals surface area contributed by atoms with Gasteiger partial charge in [-0.15, -0.1) is 0 Å². The van der Waals surface area contributed by atoms with Gasteiger partial charge in [0.15, 0.2) is 0 Å². The van der Waals surface area contributed by atoms with E-state index in [1.54, 1.807) is 13.1 Å². The Morgan fingerprint density at radius 2 is 1.95 bits per heavy atom. The smallest absolute Gasteiger partial charge is 0.262 e. The molecule has 106 valence electrons. The molecule has 2 rings (SSSR count). The second-order valence-corrected chi connectivity index (χ2v) is 6.11. The van der Waals surface area contributed by atoms with Gasteiger partial charge >= 0.3 is 0 Å². The van der Waals surface area contributed by atoms with Crippen molar-refractivity contribution in [2.24, 2.45) is 0 Å². The number of hydrogen-bond acceptors (Lipinski definition) is 5. The Hall–Kier alpha value is -1.70. The Labute approximate surface area is 122 Å². The molecule has 0 amide bonds. The number of nitrogens with zero attached hydrogens (tertiary/aromatic N) is 2. The summed E-state index contributed by atoms with van der Waals surface area (Å²) in [5.74, 6) is 0. The van der Waals surface area contributed by atoms with Gasteiger partial charge in [-0.25, -0.2) is 18.4 Å². The number of anilines is 1. The molecule has 2 aromatic rings. The maximum absolute atomic E-state index is 12.2. The van der Waals surface area contributed by atoms with Crippen LogP contribution in [0.25, 0.3) is 0 Å². The first-order valence-corrected chi connectivity index (χ1v) is 7.60. The van der Waals surface area contributed by atoms with Crippen molar-refractivity contribution in [2.75, 3.05) is 11.8 Å². The summed E-state index contributed by atoms with van der Waals surface area (Å²) in [5, 5.41) is 3.45. The molecule has 0 saturated carbocycles. The molecular formula is C12H13ClN4O2S. The molecule has 0 fully saturated rings. The van der Waals surface area contributed by atoms with Crippen molar-refractivity contribution < 1.29 is 8.42 Å². The predicted molar refractivity (Wildman–Crippen MR) is 77.1 cm³/mol. The SMILES string of the molecule is CNCc1cc(S(=O)(=O)Nc2cncnc2)ccc1Cl. The van der Waals surface area contributed by atoms with E-state index in [9.17, 15) is 8.42 Å². The van der Waals surface area contributed by atoms with Gasteiger partial charge in [0.1, 0.15) is 6.33 Å². The number of sulfonamides is 1. The predicted octanol–water partition coefficient (Wildman–Crippen LogP) is 1.65. The van der Waals surface area contributed by atoms with Gasteiger partial charge in [0.25, 0.3) is 10.0 Å². The minimum Gasteiger partial charge on any atom is -0.316 e.